The number of carbonyl (C=O) groups excluding carboxylic acids is 1. The zero-order valence-corrected chi connectivity index (χ0v) is 23.1. The maximum Gasteiger partial charge on any atom is 0.431 e. The Kier molecular flexibility index (Phi) is 9.74. The van der Waals surface area contributed by atoms with Gasteiger partial charge in [-0.1, -0.05) is 42.5 Å². The Labute approximate surface area is 243 Å². The number of carboxylic acid groups (broad SMARTS) is 1. The molecule has 0 amide bonds. The van der Waals surface area contributed by atoms with Crippen LogP contribution >= 0.6 is 11.3 Å². The molecular formula is C31H26F4N2O4S. The molecular weight excluding hydrogens is 572 g/mol. The van der Waals surface area contributed by atoms with Crippen LogP contribution in [0.4, 0.5) is 17.6 Å². The van der Waals surface area contributed by atoms with E-state index in [0.29, 0.717) is 30.4 Å². The maximum atomic E-state index is 13.7. The summed E-state index contributed by atoms with van der Waals surface area (Å²) >= 11 is 1.50. The van der Waals surface area contributed by atoms with Gasteiger partial charge in [0, 0.05) is 34.9 Å². The minimum Gasteiger partial charge on any atom is -0.493 e. The molecule has 0 bridgehead atoms. The predicted molar refractivity (Wildman–Crippen MR) is 151 cm³/mol. The summed E-state index contributed by atoms with van der Waals surface area (Å²) in [7, 11) is 0. The van der Waals surface area contributed by atoms with Crippen LogP contribution in [0.3, 0.4) is 0 Å². The third-order valence-corrected chi connectivity index (χ3v) is 7.28. The van der Waals surface area contributed by atoms with Crippen LogP contribution in [-0.2, 0) is 17.6 Å². The largest absolute Gasteiger partial charge is 0.493 e. The maximum absolute atomic E-state index is 13.7. The summed E-state index contributed by atoms with van der Waals surface area (Å²) in [5, 5.41) is 12.4. The first-order valence-electron chi connectivity index (χ1n) is 12.8. The molecule has 4 aromatic rings. The molecule has 218 valence electrons. The van der Waals surface area contributed by atoms with Crippen molar-refractivity contribution in [2.75, 3.05) is 6.61 Å². The van der Waals surface area contributed by atoms with Crippen LogP contribution in [0, 0.1) is 12.7 Å². The van der Waals surface area contributed by atoms with E-state index in [1.54, 1.807) is 42.5 Å². The van der Waals surface area contributed by atoms with Crippen LogP contribution in [0.5, 0.6) is 5.75 Å². The van der Waals surface area contributed by atoms with Gasteiger partial charge in [-0.2, -0.15) is 13.2 Å². The predicted octanol–water partition coefficient (Wildman–Crippen LogP) is 6.79. The van der Waals surface area contributed by atoms with E-state index in [-0.39, 0.29) is 17.8 Å². The number of nitrogens with zero attached hydrogens (tertiary/aromatic N) is 1. The lowest BCUT2D eigenvalue weighted by Crippen LogP contribution is -2.42. The van der Waals surface area contributed by atoms with Crippen molar-refractivity contribution >= 4 is 23.1 Å². The van der Waals surface area contributed by atoms with E-state index in [0.717, 1.165) is 21.1 Å². The number of allylic oxidation sites excluding steroid dienone is 2. The van der Waals surface area contributed by atoms with Gasteiger partial charge in [-0.05, 0) is 48.9 Å². The zero-order chi connectivity index (χ0) is 30.3. The average Bonchev–Trinajstić information content (AvgIpc) is 3.33. The number of halogens is 4. The molecule has 0 saturated carbocycles. The molecule has 42 heavy (non-hydrogen) atoms. The molecule has 2 N–H and O–H groups in total. The molecule has 1 aromatic heterocycles. The topological polar surface area (TPSA) is 88.5 Å². The Balaban J connectivity index is 1.36. The molecule has 0 spiro atoms. The van der Waals surface area contributed by atoms with Gasteiger partial charge in [-0.3, -0.25) is 4.79 Å². The number of carboxylic acids is 1. The molecule has 1 atom stereocenters. The summed E-state index contributed by atoms with van der Waals surface area (Å²) in [5.41, 5.74) is 0.732. The lowest BCUT2D eigenvalue weighted by Gasteiger charge is -2.20. The van der Waals surface area contributed by atoms with Gasteiger partial charge >= 0.3 is 12.1 Å². The van der Waals surface area contributed by atoms with Crippen LogP contribution in [0.1, 0.15) is 26.5 Å². The molecule has 0 fully saturated rings. The van der Waals surface area contributed by atoms with E-state index in [4.69, 9.17) is 4.74 Å². The highest BCUT2D eigenvalue weighted by atomic mass is 32.1. The van der Waals surface area contributed by atoms with Gasteiger partial charge in [0.1, 0.15) is 28.3 Å². The van der Waals surface area contributed by atoms with Crippen molar-refractivity contribution in [2.24, 2.45) is 0 Å². The number of thiazole rings is 1. The first kappa shape index (κ1) is 30.4. The summed E-state index contributed by atoms with van der Waals surface area (Å²) in [6, 6.07) is 18.2. The molecule has 4 rings (SSSR count). The summed E-state index contributed by atoms with van der Waals surface area (Å²) in [4.78, 5) is 29.8. The number of rotatable bonds is 12. The molecule has 3 aromatic carbocycles. The Hall–Kier alpha value is -4.51. The first-order chi connectivity index (χ1) is 20.0. The van der Waals surface area contributed by atoms with Gasteiger partial charge in [0.15, 0.2) is 5.78 Å². The van der Waals surface area contributed by atoms with Crippen molar-refractivity contribution < 1.29 is 37.0 Å². The number of hydrogen-bond donors (Lipinski definition) is 2. The second-order valence-corrected chi connectivity index (χ2v) is 10.5. The number of ketones is 1. The SMILES string of the molecule is Cc1sc(-c2ccc(F)cc2)nc1CCOc1ccc(C[C@H](N/C(=C/C(=O)c2ccccc2)C(F)(F)F)C(=O)O)cc1. The van der Waals surface area contributed by atoms with Crippen molar-refractivity contribution in [3.63, 3.8) is 0 Å². The van der Waals surface area contributed by atoms with E-state index in [2.05, 4.69) is 4.98 Å². The van der Waals surface area contributed by atoms with Crippen LogP contribution in [0.25, 0.3) is 10.6 Å². The fourth-order valence-corrected chi connectivity index (χ4v) is 4.97. The highest BCUT2D eigenvalue weighted by Crippen LogP contribution is 2.28. The Morgan fingerprint density at radius 2 is 1.69 bits per heavy atom. The van der Waals surface area contributed by atoms with E-state index in [9.17, 15) is 32.3 Å². The number of aryl methyl sites for hydroxylation is 1. The van der Waals surface area contributed by atoms with E-state index < -0.39 is 29.7 Å². The molecule has 0 aliphatic heterocycles. The number of aliphatic carboxylic acids is 1. The molecule has 11 heteroatoms. The molecule has 1 heterocycles. The lowest BCUT2D eigenvalue weighted by atomic mass is 10.0. The van der Waals surface area contributed by atoms with Gasteiger partial charge in [-0.25, -0.2) is 14.2 Å². The van der Waals surface area contributed by atoms with Crippen molar-refractivity contribution in [3.05, 3.63) is 118 Å². The van der Waals surface area contributed by atoms with E-state index >= 15 is 0 Å². The number of carbonyl (C=O) groups is 2. The van der Waals surface area contributed by atoms with E-state index in [1.807, 2.05) is 12.2 Å². The number of benzene rings is 3. The highest BCUT2D eigenvalue weighted by Gasteiger charge is 2.37. The quantitative estimate of drug-likeness (QED) is 0.106. The monoisotopic (exact) mass is 598 g/mol. The van der Waals surface area contributed by atoms with Gasteiger partial charge < -0.3 is 15.2 Å². The van der Waals surface area contributed by atoms with Gasteiger partial charge in [-0.15, -0.1) is 11.3 Å². The van der Waals surface area contributed by atoms with Crippen molar-refractivity contribution in [3.8, 4) is 16.3 Å². The van der Waals surface area contributed by atoms with Crippen molar-refractivity contribution in [1.29, 1.82) is 0 Å². The van der Waals surface area contributed by atoms with Crippen LogP contribution < -0.4 is 10.1 Å². The summed E-state index contributed by atoms with van der Waals surface area (Å²) in [6.07, 6.45) is -4.35. The normalized spacial score (nSPS) is 12.5. The Bertz CT molecular complexity index is 1550. The summed E-state index contributed by atoms with van der Waals surface area (Å²) in [6.45, 7) is 2.25. The van der Waals surface area contributed by atoms with Crippen LogP contribution in [-0.4, -0.2) is 40.7 Å². The van der Waals surface area contributed by atoms with Gasteiger partial charge in [0.2, 0.25) is 0 Å². The fraction of sp³-hybridized carbons (Fsp3) is 0.194. The highest BCUT2D eigenvalue weighted by molar-refractivity contribution is 7.15. The Morgan fingerprint density at radius 3 is 2.31 bits per heavy atom. The second kappa shape index (κ2) is 13.4. The molecule has 0 saturated heterocycles. The summed E-state index contributed by atoms with van der Waals surface area (Å²) in [5.74, 6) is -2.23. The standard InChI is InChI=1S/C31H26F4N2O4S/c1-19-25(37-29(42-19)22-9-11-23(32)12-10-22)15-16-41-24-13-7-20(8-14-24)17-26(30(39)40)36-28(31(33,34)35)18-27(38)21-5-3-2-4-6-21/h2-14,18,26,36H,15-17H2,1H3,(H,39,40)/b28-18+/t26-/m0/s1. The number of ether oxygens (including phenoxy) is 1. The van der Waals surface area contributed by atoms with Crippen molar-refractivity contribution in [2.45, 2.75) is 32.0 Å². The second-order valence-electron chi connectivity index (χ2n) is 9.30. The molecule has 0 unspecified atom stereocenters. The first-order valence-corrected chi connectivity index (χ1v) is 13.6. The summed E-state index contributed by atoms with van der Waals surface area (Å²) < 4.78 is 60.0. The van der Waals surface area contributed by atoms with E-state index in [1.165, 1.54) is 47.7 Å². The minimum absolute atomic E-state index is 0.0433. The van der Waals surface area contributed by atoms with Crippen molar-refractivity contribution in [1.82, 2.24) is 10.3 Å². The fourth-order valence-electron chi connectivity index (χ4n) is 4.01. The van der Waals surface area contributed by atoms with Crippen LogP contribution in [0.15, 0.2) is 90.6 Å². The zero-order valence-electron chi connectivity index (χ0n) is 22.3. The molecule has 6 nitrogen and oxygen atoms in total. The van der Waals surface area contributed by atoms with Gasteiger partial charge in [0.05, 0.1) is 12.3 Å². The number of aromatic nitrogens is 1. The van der Waals surface area contributed by atoms with Crippen LogP contribution in [0.2, 0.25) is 0 Å². The van der Waals surface area contributed by atoms with Gasteiger partial charge in [0.25, 0.3) is 0 Å². The number of hydrogen-bond acceptors (Lipinski definition) is 6. The Morgan fingerprint density at radius 1 is 1.02 bits per heavy atom. The minimum atomic E-state index is -4.97. The smallest absolute Gasteiger partial charge is 0.431 e. The third-order valence-electron chi connectivity index (χ3n) is 6.22. The third kappa shape index (κ3) is 8.26. The lowest BCUT2D eigenvalue weighted by molar-refractivity contribution is -0.140. The molecule has 0 radical (unpaired) electrons. The number of alkyl halides is 3. The average molecular weight is 599 g/mol. The number of nitrogens with one attached hydrogen (secondary N) is 1. The molecule has 0 aliphatic carbocycles. The molecule has 0 aliphatic rings.